The summed E-state index contributed by atoms with van der Waals surface area (Å²) in [6.07, 6.45) is 3.14. The zero-order valence-corrected chi connectivity index (χ0v) is 19.2. The Bertz CT molecular complexity index is 1040. The number of aromatic nitrogens is 1. The number of para-hydroxylation sites is 1. The number of aryl methyl sites for hydroxylation is 1. The number of primary amides is 1. The molecule has 0 radical (unpaired) electrons. The number of esters is 1. The molecule has 2 atom stereocenters. The highest BCUT2D eigenvalue weighted by Crippen LogP contribution is 2.21. The van der Waals surface area contributed by atoms with Crippen LogP contribution in [-0.4, -0.2) is 60.3 Å². The summed E-state index contributed by atoms with van der Waals surface area (Å²) < 4.78 is 34.3. The number of hydrogen-bond acceptors (Lipinski definition) is 7. The van der Waals surface area contributed by atoms with E-state index in [1.54, 1.807) is 6.92 Å². The van der Waals surface area contributed by atoms with Crippen molar-refractivity contribution >= 4 is 38.8 Å². The van der Waals surface area contributed by atoms with Gasteiger partial charge in [0.25, 0.3) is 5.91 Å². The Kier molecular flexibility index (Phi) is 10.3. The summed E-state index contributed by atoms with van der Waals surface area (Å²) in [6, 6.07) is 6.34. The molecule has 0 bridgehead atoms. The summed E-state index contributed by atoms with van der Waals surface area (Å²) >= 11 is 0. The Morgan fingerprint density at radius 2 is 1.88 bits per heavy atom. The Hall–Kier alpha value is -2.96. The lowest BCUT2D eigenvalue weighted by molar-refractivity contribution is -0.405. The molecule has 0 aliphatic rings. The third-order valence-corrected chi connectivity index (χ3v) is 4.40. The van der Waals surface area contributed by atoms with Gasteiger partial charge in [0, 0.05) is 49.7 Å². The average Bonchev–Trinajstić information content (AvgIpc) is 3.00. The van der Waals surface area contributed by atoms with Gasteiger partial charge in [-0.2, -0.15) is 0 Å². The van der Waals surface area contributed by atoms with Crippen LogP contribution in [0.25, 0.3) is 10.9 Å². The van der Waals surface area contributed by atoms with Crippen molar-refractivity contribution in [2.75, 3.05) is 12.9 Å². The van der Waals surface area contributed by atoms with Gasteiger partial charge in [0.2, 0.25) is 5.91 Å². The van der Waals surface area contributed by atoms with Gasteiger partial charge < -0.3 is 30.6 Å². The lowest BCUT2D eigenvalue weighted by atomic mass is 10.0. The van der Waals surface area contributed by atoms with Crippen LogP contribution in [0, 0.1) is 0 Å². The first-order chi connectivity index (χ1) is 14.8. The maximum absolute atomic E-state index is 12.4. The molecule has 32 heavy (non-hydrogen) atoms. The van der Waals surface area contributed by atoms with Gasteiger partial charge in [-0.15, -0.1) is 0 Å². The Balaban J connectivity index is 0.000000920. The Morgan fingerprint density at radius 3 is 2.44 bits per heavy atom. The zero-order valence-electron chi connectivity index (χ0n) is 18.4. The largest absolute Gasteiger partial charge is 0.748 e. The van der Waals surface area contributed by atoms with E-state index < -0.39 is 40.0 Å². The maximum atomic E-state index is 12.4. The summed E-state index contributed by atoms with van der Waals surface area (Å²) in [4.78, 5) is 35.7. The van der Waals surface area contributed by atoms with E-state index in [0.29, 0.717) is 12.7 Å². The lowest BCUT2D eigenvalue weighted by Gasteiger charge is -2.18. The van der Waals surface area contributed by atoms with Crippen molar-refractivity contribution in [2.45, 2.75) is 38.3 Å². The SMILES string of the molecule is CCOC(=O)[C@@H](Cc1cn(C)c2ccccc12)NC(=O)[C@@H]([NH3+])CCC(N)=O.CS(=O)(=O)[O-]. The van der Waals surface area contributed by atoms with E-state index in [4.69, 9.17) is 23.4 Å². The lowest BCUT2D eigenvalue weighted by Crippen LogP contribution is -2.68. The van der Waals surface area contributed by atoms with Crippen molar-refractivity contribution in [1.29, 1.82) is 0 Å². The third kappa shape index (κ3) is 9.45. The van der Waals surface area contributed by atoms with Gasteiger partial charge in [0.05, 0.1) is 16.7 Å². The highest BCUT2D eigenvalue weighted by molar-refractivity contribution is 7.84. The first kappa shape index (κ1) is 27.1. The predicted molar refractivity (Wildman–Crippen MR) is 116 cm³/mol. The van der Waals surface area contributed by atoms with Gasteiger partial charge in [-0.25, -0.2) is 13.2 Å². The number of amides is 2. The second kappa shape index (κ2) is 12.2. The van der Waals surface area contributed by atoms with E-state index in [-0.39, 0.29) is 19.4 Å². The fourth-order valence-corrected chi connectivity index (χ4v) is 2.98. The van der Waals surface area contributed by atoms with Crippen molar-refractivity contribution < 1.29 is 37.8 Å². The molecule has 0 spiro atoms. The molecule has 12 heteroatoms. The molecule has 1 heterocycles. The van der Waals surface area contributed by atoms with Crippen LogP contribution >= 0.6 is 0 Å². The number of carbonyl (C=O) groups excluding carboxylic acids is 3. The number of nitrogens with two attached hydrogens (primary N) is 1. The molecule has 0 aliphatic carbocycles. The summed E-state index contributed by atoms with van der Waals surface area (Å²) in [5, 5.41) is 3.73. The molecule has 1 aromatic heterocycles. The third-order valence-electron chi connectivity index (χ3n) is 4.40. The first-order valence-electron chi connectivity index (χ1n) is 9.85. The van der Waals surface area contributed by atoms with E-state index in [1.165, 1.54) is 0 Å². The molecule has 0 unspecified atom stereocenters. The molecule has 178 valence electrons. The normalized spacial score (nSPS) is 12.9. The van der Waals surface area contributed by atoms with Crippen molar-refractivity contribution in [3.05, 3.63) is 36.0 Å². The van der Waals surface area contributed by atoms with Gasteiger partial charge in [0.1, 0.15) is 6.04 Å². The summed E-state index contributed by atoms with van der Waals surface area (Å²) in [5.74, 6) is -1.40. The second-order valence-electron chi connectivity index (χ2n) is 7.21. The fourth-order valence-electron chi connectivity index (χ4n) is 2.98. The van der Waals surface area contributed by atoms with Gasteiger partial charge in [-0.1, -0.05) is 18.2 Å². The van der Waals surface area contributed by atoms with Crippen LogP contribution in [0.15, 0.2) is 30.5 Å². The number of nitrogens with one attached hydrogen (secondary N) is 1. The average molecular weight is 471 g/mol. The van der Waals surface area contributed by atoms with E-state index in [9.17, 15) is 14.4 Å². The molecule has 0 aliphatic heterocycles. The molecule has 0 saturated heterocycles. The molecule has 1 aromatic carbocycles. The van der Waals surface area contributed by atoms with Crippen LogP contribution in [0.4, 0.5) is 0 Å². The highest BCUT2D eigenvalue weighted by atomic mass is 32.2. The minimum Gasteiger partial charge on any atom is -0.748 e. The highest BCUT2D eigenvalue weighted by Gasteiger charge is 2.28. The maximum Gasteiger partial charge on any atom is 0.328 e. The van der Waals surface area contributed by atoms with E-state index >= 15 is 0 Å². The molecule has 2 amide bonds. The van der Waals surface area contributed by atoms with Crippen LogP contribution in [0.5, 0.6) is 0 Å². The van der Waals surface area contributed by atoms with Gasteiger partial charge in [-0.3, -0.25) is 9.59 Å². The topological polar surface area (TPSA) is 188 Å². The van der Waals surface area contributed by atoms with Gasteiger partial charge in [0.15, 0.2) is 6.04 Å². The van der Waals surface area contributed by atoms with Crippen LogP contribution in [0.3, 0.4) is 0 Å². The first-order valence-corrected chi connectivity index (χ1v) is 11.7. The molecular formula is C20H30N4O7S. The number of quaternary nitrogens is 1. The number of fused-ring (bicyclic) bond motifs is 1. The number of hydrogen-bond donors (Lipinski definition) is 3. The van der Waals surface area contributed by atoms with Gasteiger partial charge in [-0.05, 0) is 18.6 Å². The molecule has 2 aromatic rings. The van der Waals surface area contributed by atoms with Crippen LogP contribution < -0.4 is 16.8 Å². The van der Waals surface area contributed by atoms with Crippen molar-refractivity contribution in [2.24, 2.45) is 12.8 Å². The number of rotatable bonds is 9. The van der Waals surface area contributed by atoms with Crippen LogP contribution in [-0.2, 0) is 42.7 Å². The number of benzene rings is 1. The molecular weight excluding hydrogens is 440 g/mol. The molecule has 6 N–H and O–H groups in total. The van der Waals surface area contributed by atoms with Crippen LogP contribution in [0.2, 0.25) is 0 Å². The minimum atomic E-state index is -3.92. The number of carbonyl (C=O) groups is 3. The fraction of sp³-hybridized carbons (Fsp3) is 0.450. The smallest absolute Gasteiger partial charge is 0.328 e. The van der Waals surface area contributed by atoms with Gasteiger partial charge >= 0.3 is 5.97 Å². The summed E-state index contributed by atoms with van der Waals surface area (Å²) in [7, 11) is -1.99. The predicted octanol–water partition coefficient (Wildman–Crippen LogP) is -1.19. The Morgan fingerprint density at radius 1 is 1.28 bits per heavy atom. The minimum absolute atomic E-state index is 0.0645. The molecule has 0 fully saturated rings. The second-order valence-corrected chi connectivity index (χ2v) is 8.61. The van der Waals surface area contributed by atoms with Crippen molar-refractivity contribution in [3.63, 3.8) is 0 Å². The number of nitrogens with zero attached hydrogens (tertiary/aromatic N) is 1. The standard InChI is InChI=1S/C19H26N4O4.CH4O3S/c1-3-27-19(26)15(22-18(25)14(20)8-9-17(21)24)10-12-11-23(2)16-7-5-4-6-13(12)16;1-5(2,3)4/h4-7,11,14-15H,3,8-10,20H2,1-2H3,(H2,21,24)(H,22,25);1H3,(H,2,3,4)/t14-,15+;/m0./s1. The van der Waals surface area contributed by atoms with E-state index in [2.05, 4.69) is 11.1 Å². The quantitative estimate of drug-likeness (QED) is 0.303. The van der Waals surface area contributed by atoms with E-state index in [1.807, 2.05) is 42.1 Å². The monoisotopic (exact) mass is 470 g/mol. The van der Waals surface area contributed by atoms with E-state index in [0.717, 1.165) is 16.5 Å². The molecule has 0 saturated carbocycles. The van der Waals surface area contributed by atoms with Crippen molar-refractivity contribution in [3.8, 4) is 0 Å². The Labute approximate surface area is 186 Å². The van der Waals surface area contributed by atoms with Crippen molar-refractivity contribution in [1.82, 2.24) is 9.88 Å². The molecule has 11 nitrogen and oxygen atoms in total. The van der Waals surface area contributed by atoms with Crippen LogP contribution in [0.1, 0.15) is 25.3 Å². The summed E-state index contributed by atoms with van der Waals surface area (Å²) in [5.41, 5.74) is 10.8. The number of ether oxygens (including phenoxy) is 1. The summed E-state index contributed by atoms with van der Waals surface area (Å²) in [6.45, 7) is 1.93. The zero-order chi connectivity index (χ0) is 24.5. The molecule has 2 rings (SSSR count).